The number of aromatic nitrogens is 2. The van der Waals surface area contributed by atoms with E-state index in [4.69, 9.17) is 0 Å². The summed E-state index contributed by atoms with van der Waals surface area (Å²) in [6.45, 7) is 8.39. The molecule has 0 saturated heterocycles. The van der Waals surface area contributed by atoms with Crippen LogP contribution in [0.1, 0.15) is 33.6 Å². The summed E-state index contributed by atoms with van der Waals surface area (Å²) >= 11 is 0. The van der Waals surface area contributed by atoms with Crippen LogP contribution >= 0.6 is 0 Å². The van der Waals surface area contributed by atoms with Gasteiger partial charge in [-0.1, -0.05) is 13.3 Å². The molecular weight excluding hydrogens is 219 g/mol. The third-order valence-corrected chi connectivity index (χ3v) is 2.52. The topological polar surface area (TPSA) is 41.1 Å². The second-order valence-corrected chi connectivity index (χ2v) is 3.83. The van der Waals surface area contributed by atoms with Crippen LogP contribution in [0.5, 0.6) is 0 Å². The zero-order valence-corrected chi connectivity index (χ0v) is 10.8. The van der Waals surface area contributed by atoms with Crippen molar-refractivity contribution in [1.82, 2.24) is 9.97 Å². The molecule has 96 valence electrons. The second kappa shape index (κ2) is 7.04. The van der Waals surface area contributed by atoms with Gasteiger partial charge in [0.25, 0.3) is 0 Å². The maximum absolute atomic E-state index is 13.7. The van der Waals surface area contributed by atoms with Crippen LogP contribution in [0.3, 0.4) is 0 Å². The van der Waals surface area contributed by atoms with E-state index in [1.807, 2.05) is 18.7 Å². The Kier molecular flexibility index (Phi) is 5.66. The molecule has 1 rings (SSSR count). The Morgan fingerprint density at radius 2 is 2.12 bits per heavy atom. The minimum Gasteiger partial charge on any atom is -0.354 e. The lowest BCUT2D eigenvalue weighted by atomic mass is 10.3. The van der Waals surface area contributed by atoms with Crippen molar-refractivity contribution < 1.29 is 4.39 Å². The molecule has 0 aliphatic heterocycles. The van der Waals surface area contributed by atoms with Gasteiger partial charge in [-0.2, -0.15) is 4.98 Å². The monoisotopic (exact) mass is 240 g/mol. The molecule has 1 heterocycles. The van der Waals surface area contributed by atoms with E-state index >= 15 is 0 Å². The fraction of sp³-hybridized carbons (Fsp3) is 0.667. The van der Waals surface area contributed by atoms with Gasteiger partial charge in [0.2, 0.25) is 5.95 Å². The molecule has 17 heavy (non-hydrogen) atoms. The smallest absolute Gasteiger partial charge is 0.224 e. The molecule has 1 aromatic heterocycles. The second-order valence-electron chi connectivity index (χ2n) is 3.83. The van der Waals surface area contributed by atoms with Crippen LogP contribution in [-0.4, -0.2) is 29.6 Å². The Hall–Kier alpha value is -1.39. The maximum Gasteiger partial charge on any atom is 0.224 e. The van der Waals surface area contributed by atoms with Crippen molar-refractivity contribution in [1.29, 1.82) is 0 Å². The molecule has 0 aliphatic carbocycles. The summed E-state index contributed by atoms with van der Waals surface area (Å²) < 4.78 is 13.7. The van der Waals surface area contributed by atoms with Gasteiger partial charge in [-0.05, 0) is 20.3 Å². The van der Waals surface area contributed by atoms with Crippen LogP contribution in [0, 0.1) is 5.82 Å². The van der Waals surface area contributed by atoms with Crippen molar-refractivity contribution in [3.63, 3.8) is 0 Å². The minimum atomic E-state index is -0.357. The van der Waals surface area contributed by atoms with Gasteiger partial charge in [0.15, 0.2) is 11.6 Å². The van der Waals surface area contributed by atoms with Gasteiger partial charge in [0.05, 0.1) is 6.20 Å². The quantitative estimate of drug-likeness (QED) is 0.795. The molecule has 0 amide bonds. The van der Waals surface area contributed by atoms with Gasteiger partial charge in [0.1, 0.15) is 0 Å². The molecule has 0 bridgehead atoms. The Labute approximate surface area is 102 Å². The number of hydrogen-bond donors (Lipinski definition) is 1. The summed E-state index contributed by atoms with van der Waals surface area (Å²) in [5, 5.41) is 2.99. The number of nitrogens with one attached hydrogen (secondary N) is 1. The van der Waals surface area contributed by atoms with E-state index in [9.17, 15) is 4.39 Å². The average molecular weight is 240 g/mol. The van der Waals surface area contributed by atoms with Crippen LogP contribution in [0.2, 0.25) is 0 Å². The van der Waals surface area contributed by atoms with E-state index in [0.29, 0.717) is 11.8 Å². The Balaban J connectivity index is 2.87. The summed E-state index contributed by atoms with van der Waals surface area (Å²) in [7, 11) is 0. The third-order valence-electron chi connectivity index (χ3n) is 2.52. The molecule has 5 heteroatoms. The van der Waals surface area contributed by atoms with E-state index < -0.39 is 0 Å². The van der Waals surface area contributed by atoms with E-state index in [2.05, 4.69) is 22.2 Å². The van der Waals surface area contributed by atoms with Gasteiger partial charge >= 0.3 is 0 Å². The van der Waals surface area contributed by atoms with Gasteiger partial charge in [-0.25, -0.2) is 9.37 Å². The Morgan fingerprint density at radius 3 is 2.71 bits per heavy atom. The molecule has 0 fully saturated rings. The highest BCUT2D eigenvalue weighted by Crippen LogP contribution is 2.17. The highest BCUT2D eigenvalue weighted by molar-refractivity contribution is 5.43. The van der Waals surface area contributed by atoms with Crippen LogP contribution in [0.15, 0.2) is 6.20 Å². The fourth-order valence-corrected chi connectivity index (χ4v) is 1.59. The van der Waals surface area contributed by atoms with Crippen molar-refractivity contribution in [2.45, 2.75) is 33.6 Å². The molecule has 1 N–H and O–H groups in total. The molecular formula is C12H21FN4. The van der Waals surface area contributed by atoms with Crippen LogP contribution in [-0.2, 0) is 0 Å². The summed E-state index contributed by atoms with van der Waals surface area (Å²) in [6, 6.07) is 0. The average Bonchev–Trinajstić information content (AvgIpc) is 2.34. The zero-order chi connectivity index (χ0) is 12.7. The van der Waals surface area contributed by atoms with Crippen molar-refractivity contribution in [3.05, 3.63) is 12.0 Å². The van der Waals surface area contributed by atoms with Gasteiger partial charge in [-0.3, -0.25) is 0 Å². The summed E-state index contributed by atoms with van der Waals surface area (Å²) in [5.74, 6) is 0.523. The number of hydrogen-bond acceptors (Lipinski definition) is 4. The standard InChI is InChI=1S/C12H21FN4/c1-4-7-8-17(6-3)11-10(13)9-15-12(16-11)14-5-2/h9H,4-8H2,1-3H3,(H,14,15,16). The molecule has 0 radical (unpaired) electrons. The zero-order valence-electron chi connectivity index (χ0n) is 10.8. The van der Waals surface area contributed by atoms with Crippen molar-refractivity contribution in [3.8, 4) is 0 Å². The van der Waals surface area contributed by atoms with Crippen molar-refractivity contribution >= 4 is 11.8 Å². The highest BCUT2D eigenvalue weighted by Gasteiger charge is 2.12. The van der Waals surface area contributed by atoms with Crippen molar-refractivity contribution in [2.75, 3.05) is 29.9 Å². The van der Waals surface area contributed by atoms with Crippen LogP contribution in [0.25, 0.3) is 0 Å². The van der Waals surface area contributed by atoms with E-state index in [-0.39, 0.29) is 5.82 Å². The highest BCUT2D eigenvalue weighted by atomic mass is 19.1. The summed E-state index contributed by atoms with van der Waals surface area (Å²) in [6.07, 6.45) is 3.35. The fourth-order valence-electron chi connectivity index (χ4n) is 1.59. The molecule has 0 aromatic carbocycles. The largest absolute Gasteiger partial charge is 0.354 e. The number of unbranched alkanes of at least 4 members (excludes halogenated alkanes) is 1. The summed E-state index contributed by atoms with van der Waals surface area (Å²) in [5.41, 5.74) is 0. The van der Waals surface area contributed by atoms with Crippen LogP contribution < -0.4 is 10.2 Å². The normalized spacial score (nSPS) is 10.4. The maximum atomic E-state index is 13.7. The van der Waals surface area contributed by atoms with Gasteiger partial charge < -0.3 is 10.2 Å². The van der Waals surface area contributed by atoms with Gasteiger partial charge in [-0.15, -0.1) is 0 Å². The lowest BCUT2D eigenvalue weighted by Crippen LogP contribution is -2.26. The van der Waals surface area contributed by atoms with E-state index in [1.165, 1.54) is 6.20 Å². The first-order chi connectivity index (χ1) is 8.22. The molecule has 0 unspecified atom stereocenters. The van der Waals surface area contributed by atoms with E-state index in [1.54, 1.807) is 0 Å². The molecule has 0 saturated carbocycles. The Bertz CT molecular complexity index is 343. The first-order valence-corrected chi connectivity index (χ1v) is 6.24. The molecule has 1 aromatic rings. The number of nitrogens with zero attached hydrogens (tertiary/aromatic N) is 3. The number of rotatable bonds is 7. The molecule has 0 spiro atoms. The lowest BCUT2D eigenvalue weighted by molar-refractivity contribution is 0.599. The molecule has 4 nitrogen and oxygen atoms in total. The third kappa shape index (κ3) is 3.84. The summed E-state index contributed by atoms with van der Waals surface area (Å²) in [4.78, 5) is 10.1. The lowest BCUT2D eigenvalue weighted by Gasteiger charge is -2.22. The first kappa shape index (κ1) is 13.7. The van der Waals surface area contributed by atoms with Crippen LogP contribution in [0.4, 0.5) is 16.2 Å². The Morgan fingerprint density at radius 1 is 1.35 bits per heavy atom. The van der Waals surface area contributed by atoms with Gasteiger partial charge in [0, 0.05) is 19.6 Å². The van der Waals surface area contributed by atoms with E-state index in [0.717, 1.165) is 32.5 Å². The number of anilines is 2. The number of halogens is 1. The first-order valence-electron chi connectivity index (χ1n) is 6.24. The predicted molar refractivity (Wildman–Crippen MR) is 68.9 cm³/mol. The SMILES string of the molecule is CCCCN(CC)c1nc(NCC)ncc1F. The molecule has 0 atom stereocenters. The minimum absolute atomic E-state index is 0.357. The molecule has 0 aliphatic rings. The van der Waals surface area contributed by atoms with Crippen molar-refractivity contribution in [2.24, 2.45) is 0 Å². The predicted octanol–water partition coefficient (Wildman–Crippen LogP) is 2.67.